The molecular weight excluding hydrogens is 266 g/mol. The fraction of sp³-hybridized carbons (Fsp3) is 0.294. The minimum Gasteiger partial charge on any atom is -0.481 e. The van der Waals surface area contributed by atoms with Crippen LogP contribution in [-0.2, 0) is 22.4 Å². The van der Waals surface area contributed by atoms with E-state index in [0.29, 0.717) is 6.42 Å². The number of carbonyl (C=O) groups is 2. The summed E-state index contributed by atoms with van der Waals surface area (Å²) in [6.07, 6.45) is 2.55. The Kier molecular flexibility index (Phi) is 2.55. The Morgan fingerprint density at radius 1 is 1.05 bits per heavy atom. The number of carboxylic acid groups (broad SMARTS) is 1. The number of hydrogen-bond acceptors (Lipinski definition) is 2. The molecule has 2 unspecified atom stereocenters. The molecule has 1 amide bonds. The van der Waals surface area contributed by atoms with Gasteiger partial charge in [0.15, 0.2) is 0 Å². The van der Waals surface area contributed by atoms with E-state index in [9.17, 15) is 9.59 Å². The van der Waals surface area contributed by atoms with Crippen LogP contribution in [0.25, 0.3) is 10.8 Å². The largest absolute Gasteiger partial charge is 0.481 e. The normalized spacial score (nSPS) is 22.3. The molecule has 0 saturated heterocycles. The molecule has 2 aliphatic carbocycles. The lowest BCUT2D eigenvalue weighted by molar-refractivity contribution is -0.139. The van der Waals surface area contributed by atoms with Crippen LogP contribution in [-0.4, -0.2) is 17.0 Å². The van der Waals surface area contributed by atoms with Crippen LogP contribution in [0.15, 0.2) is 30.3 Å². The maximum atomic E-state index is 12.1. The second-order valence-electron chi connectivity index (χ2n) is 5.89. The molecule has 2 N–H and O–H groups in total. The fourth-order valence-corrected chi connectivity index (χ4v) is 3.34. The Labute approximate surface area is 121 Å². The lowest BCUT2D eigenvalue weighted by Crippen LogP contribution is -2.17. The number of aliphatic carboxylic acids is 1. The highest BCUT2D eigenvalue weighted by Gasteiger charge is 2.48. The zero-order chi connectivity index (χ0) is 14.6. The second kappa shape index (κ2) is 4.32. The number of nitrogens with one attached hydrogen (secondary N) is 1. The van der Waals surface area contributed by atoms with Gasteiger partial charge in [0.25, 0.3) is 0 Å². The van der Waals surface area contributed by atoms with Crippen molar-refractivity contribution in [3.05, 3.63) is 41.5 Å². The lowest BCUT2D eigenvalue weighted by Gasteiger charge is -2.10. The zero-order valence-corrected chi connectivity index (χ0v) is 11.4. The van der Waals surface area contributed by atoms with E-state index in [2.05, 4.69) is 17.4 Å². The number of carbonyl (C=O) groups excluding carboxylic acids is 1. The predicted molar refractivity (Wildman–Crippen MR) is 79.2 cm³/mol. The maximum Gasteiger partial charge on any atom is 0.307 e. The molecule has 2 atom stereocenters. The van der Waals surface area contributed by atoms with E-state index in [0.717, 1.165) is 23.9 Å². The molecule has 21 heavy (non-hydrogen) atoms. The summed E-state index contributed by atoms with van der Waals surface area (Å²) in [7, 11) is 0. The third-order valence-corrected chi connectivity index (χ3v) is 4.58. The second-order valence-corrected chi connectivity index (χ2v) is 5.89. The van der Waals surface area contributed by atoms with Crippen molar-refractivity contribution in [1.82, 2.24) is 0 Å². The molecule has 4 heteroatoms. The van der Waals surface area contributed by atoms with Crippen molar-refractivity contribution in [1.29, 1.82) is 0 Å². The van der Waals surface area contributed by atoms with E-state index in [-0.39, 0.29) is 11.8 Å². The zero-order valence-electron chi connectivity index (χ0n) is 11.4. The Morgan fingerprint density at radius 2 is 1.81 bits per heavy atom. The van der Waals surface area contributed by atoms with Gasteiger partial charge in [-0.15, -0.1) is 0 Å². The van der Waals surface area contributed by atoms with Gasteiger partial charge in [0, 0.05) is 11.1 Å². The van der Waals surface area contributed by atoms with Gasteiger partial charge in [0.1, 0.15) is 0 Å². The van der Waals surface area contributed by atoms with Crippen molar-refractivity contribution >= 4 is 28.3 Å². The first-order valence-electron chi connectivity index (χ1n) is 7.22. The van der Waals surface area contributed by atoms with E-state index in [1.165, 1.54) is 16.5 Å². The Hall–Kier alpha value is -2.36. The van der Waals surface area contributed by atoms with Gasteiger partial charge in [-0.05, 0) is 41.8 Å². The molecule has 2 aromatic rings. The molecule has 1 saturated carbocycles. The minimum absolute atomic E-state index is 0.180. The van der Waals surface area contributed by atoms with Crippen LogP contribution in [0.1, 0.15) is 17.5 Å². The Morgan fingerprint density at radius 3 is 2.52 bits per heavy atom. The molecule has 0 heterocycles. The number of amides is 1. The van der Waals surface area contributed by atoms with Crippen molar-refractivity contribution in [3.63, 3.8) is 0 Å². The van der Waals surface area contributed by atoms with Gasteiger partial charge in [-0.25, -0.2) is 0 Å². The summed E-state index contributed by atoms with van der Waals surface area (Å²) in [5.74, 6) is -1.95. The third-order valence-electron chi connectivity index (χ3n) is 4.58. The quantitative estimate of drug-likeness (QED) is 0.908. The van der Waals surface area contributed by atoms with Crippen molar-refractivity contribution < 1.29 is 14.7 Å². The first kappa shape index (κ1) is 12.4. The van der Waals surface area contributed by atoms with Crippen molar-refractivity contribution in [2.45, 2.75) is 19.3 Å². The van der Waals surface area contributed by atoms with Crippen LogP contribution in [0.4, 0.5) is 5.69 Å². The van der Waals surface area contributed by atoms with Crippen molar-refractivity contribution in [2.75, 3.05) is 5.32 Å². The van der Waals surface area contributed by atoms with Gasteiger partial charge in [-0.3, -0.25) is 9.59 Å². The molecule has 0 radical (unpaired) electrons. The van der Waals surface area contributed by atoms with Crippen LogP contribution in [0.3, 0.4) is 0 Å². The SMILES string of the molecule is O=C(O)C1CC1C(=O)Nc1ccc2c3c(cccc13)CC2. The van der Waals surface area contributed by atoms with Crippen LogP contribution >= 0.6 is 0 Å². The molecule has 4 rings (SSSR count). The molecule has 106 valence electrons. The topological polar surface area (TPSA) is 66.4 Å². The number of aryl methyl sites for hydroxylation is 2. The molecule has 0 spiro atoms. The van der Waals surface area contributed by atoms with Gasteiger partial charge in [-0.1, -0.05) is 24.3 Å². The smallest absolute Gasteiger partial charge is 0.307 e. The maximum absolute atomic E-state index is 12.1. The summed E-state index contributed by atoms with van der Waals surface area (Å²) in [5, 5.41) is 14.1. The monoisotopic (exact) mass is 281 g/mol. The standard InChI is InChI=1S/C17H15NO3/c19-16(12-8-13(12)17(20)21)18-14-7-6-10-5-4-9-2-1-3-11(14)15(9)10/h1-3,6-7,12-13H,4-5,8H2,(H,18,19)(H,20,21). The molecule has 2 aromatic carbocycles. The van der Waals surface area contributed by atoms with E-state index in [1.54, 1.807) is 0 Å². The predicted octanol–water partition coefficient (Wildman–Crippen LogP) is 2.60. The molecule has 0 bridgehead atoms. The van der Waals surface area contributed by atoms with Gasteiger partial charge in [-0.2, -0.15) is 0 Å². The summed E-state index contributed by atoms with van der Waals surface area (Å²) < 4.78 is 0. The molecule has 4 nitrogen and oxygen atoms in total. The average molecular weight is 281 g/mol. The average Bonchev–Trinajstić information content (AvgIpc) is 3.18. The van der Waals surface area contributed by atoms with Gasteiger partial charge in [0.05, 0.1) is 11.8 Å². The van der Waals surface area contributed by atoms with Gasteiger partial charge in [0.2, 0.25) is 5.91 Å². The number of hydrogen-bond donors (Lipinski definition) is 2. The Bertz CT molecular complexity index is 771. The molecule has 1 fully saturated rings. The molecular formula is C17H15NO3. The number of carboxylic acids is 1. The fourth-order valence-electron chi connectivity index (χ4n) is 3.34. The number of benzene rings is 2. The number of anilines is 1. The first-order chi connectivity index (χ1) is 10.1. The van der Waals surface area contributed by atoms with Crippen LogP contribution in [0.2, 0.25) is 0 Å². The van der Waals surface area contributed by atoms with Gasteiger partial charge >= 0.3 is 5.97 Å². The van der Waals surface area contributed by atoms with Gasteiger partial charge < -0.3 is 10.4 Å². The van der Waals surface area contributed by atoms with E-state index < -0.39 is 11.9 Å². The minimum atomic E-state index is -0.879. The lowest BCUT2D eigenvalue weighted by atomic mass is 10.0. The van der Waals surface area contributed by atoms with Crippen LogP contribution < -0.4 is 5.32 Å². The summed E-state index contributed by atoms with van der Waals surface area (Å²) in [6, 6.07) is 10.2. The van der Waals surface area contributed by atoms with E-state index >= 15 is 0 Å². The molecule has 2 aliphatic rings. The van der Waals surface area contributed by atoms with Crippen molar-refractivity contribution in [2.24, 2.45) is 11.8 Å². The highest BCUT2D eigenvalue weighted by atomic mass is 16.4. The first-order valence-corrected chi connectivity index (χ1v) is 7.22. The summed E-state index contributed by atoms with van der Waals surface area (Å²) in [4.78, 5) is 23.0. The number of rotatable bonds is 3. The summed E-state index contributed by atoms with van der Waals surface area (Å²) in [6.45, 7) is 0. The van der Waals surface area contributed by atoms with Crippen LogP contribution in [0.5, 0.6) is 0 Å². The third kappa shape index (κ3) is 1.90. The highest BCUT2D eigenvalue weighted by molar-refractivity contribution is 6.07. The van der Waals surface area contributed by atoms with Crippen LogP contribution in [0, 0.1) is 11.8 Å². The summed E-state index contributed by atoms with van der Waals surface area (Å²) >= 11 is 0. The summed E-state index contributed by atoms with van der Waals surface area (Å²) in [5.41, 5.74) is 3.44. The molecule has 0 aromatic heterocycles. The van der Waals surface area contributed by atoms with E-state index in [1.807, 2.05) is 18.2 Å². The highest BCUT2D eigenvalue weighted by Crippen LogP contribution is 2.40. The van der Waals surface area contributed by atoms with E-state index in [4.69, 9.17) is 5.11 Å². The van der Waals surface area contributed by atoms with Crippen molar-refractivity contribution in [3.8, 4) is 0 Å². The molecule has 0 aliphatic heterocycles. The Balaban J connectivity index is 1.66.